The summed E-state index contributed by atoms with van der Waals surface area (Å²) in [5.41, 5.74) is 0. The Morgan fingerprint density at radius 1 is 0.650 bits per heavy atom. The fourth-order valence-corrected chi connectivity index (χ4v) is 0. The molecule has 20 heavy (non-hydrogen) atoms. The summed E-state index contributed by atoms with van der Waals surface area (Å²) in [5, 5.41) is 51.6. The molecule has 0 aliphatic rings. The number of carboxylic acids is 3. The van der Waals surface area contributed by atoms with Gasteiger partial charge in [0.25, 0.3) is 0 Å². The van der Waals surface area contributed by atoms with Crippen LogP contribution in [-0.4, -0.2) is 59.8 Å². The minimum Gasteiger partial charge on any atom is -0.478 e. The molecular weight excluding hydrogens is 280 g/mol. The molecule has 0 heterocycles. The van der Waals surface area contributed by atoms with Gasteiger partial charge in [0.05, 0.1) is 0 Å². The van der Waals surface area contributed by atoms with Crippen LogP contribution >= 0.6 is 0 Å². The summed E-state index contributed by atoms with van der Waals surface area (Å²) >= 11 is 0. The first-order valence-corrected chi connectivity index (χ1v) is 4.27. The molecule has 0 rings (SSSR count). The van der Waals surface area contributed by atoms with Crippen molar-refractivity contribution in [1.82, 2.24) is 0 Å². The van der Waals surface area contributed by atoms with Crippen molar-refractivity contribution in [2.24, 2.45) is 0 Å². The van der Waals surface area contributed by atoms with E-state index in [-0.39, 0.29) is 0 Å². The summed E-state index contributed by atoms with van der Waals surface area (Å²) in [6, 6.07) is 0. The van der Waals surface area contributed by atoms with E-state index in [1.807, 2.05) is 0 Å². The fourth-order valence-electron chi connectivity index (χ4n) is 0. The van der Waals surface area contributed by atoms with E-state index >= 15 is 0 Å². The number of aliphatic carboxylic acids is 3. The number of carbonyl (C=O) groups is 3. The zero-order valence-electron chi connectivity index (χ0n) is 10.2. The standard InChI is InChI=1S/3C3H4O2.CH4O4/c3*1-2-3(4)5;2-1(3,4)5/h3*2H,1H2,(H,4,5);2-5H. The van der Waals surface area contributed by atoms with Crippen molar-refractivity contribution in [2.45, 2.75) is 6.16 Å². The summed E-state index contributed by atoms with van der Waals surface area (Å²) < 4.78 is 0. The van der Waals surface area contributed by atoms with Crippen LogP contribution in [-0.2, 0) is 14.4 Å². The maximum absolute atomic E-state index is 9.25. The van der Waals surface area contributed by atoms with Crippen LogP contribution in [0.1, 0.15) is 0 Å². The Bertz CT molecular complexity index is 277. The van der Waals surface area contributed by atoms with E-state index in [1.165, 1.54) is 0 Å². The van der Waals surface area contributed by atoms with E-state index in [4.69, 9.17) is 35.7 Å². The molecule has 0 aliphatic carbocycles. The highest BCUT2D eigenvalue weighted by Crippen LogP contribution is 1.76. The Kier molecular flexibility index (Phi) is 21.5. The minimum absolute atomic E-state index is 0.833. The third-order valence-electron chi connectivity index (χ3n) is 0.524. The highest BCUT2D eigenvalue weighted by molar-refractivity contribution is 5.79. The lowest BCUT2D eigenvalue weighted by Gasteiger charge is -1.99. The first kappa shape index (κ1) is 26.1. The number of hydrogen-bond donors (Lipinski definition) is 7. The fraction of sp³-hybridized carbons (Fsp3) is 0.100. The Hall–Kier alpha value is -2.53. The van der Waals surface area contributed by atoms with E-state index in [0.717, 1.165) is 18.2 Å². The van der Waals surface area contributed by atoms with Crippen LogP contribution < -0.4 is 0 Å². The van der Waals surface area contributed by atoms with Gasteiger partial charge in [0.1, 0.15) is 0 Å². The van der Waals surface area contributed by atoms with Gasteiger partial charge in [-0.25, -0.2) is 14.4 Å². The summed E-state index contributed by atoms with van der Waals surface area (Å²) in [5.74, 6) is -2.94. The van der Waals surface area contributed by atoms with Gasteiger partial charge in [0.15, 0.2) is 0 Å². The Morgan fingerprint density at radius 3 is 0.700 bits per heavy atom. The van der Waals surface area contributed by atoms with E-state index in [1.54, 1.807) is 0 Å². The number of aliphatic hydroxyl groups is 4. The lowest BCUT2D eigenvalue weighted by Crippen LogP contribution is -2.25. The molecule has 7 N–H and O–H groups in total. The molecule has 0 aromatic heterocycles. The highest BCUT2D eigenvalue weighted by Gasteiger charge is 2.07. The molecule has 0 atom stereocenters. The van der Waals surface area contributed by atoms with Crippen molar-refractivity contribution >= 4 is 17.9 Å². The summed E-state index contributed by atoms with van der Waals surface area (Å²) in [6.07, 6.45) is -1.00. The molecule has 0 spiro atoms. The number of carboxylic acid groups (broad SMARTS) is 3. The molecule has 0 unspecified atom stereocenters. The summed E-state index contributed by atoms with van der Waals surface area (Å²) in [7, 11) is 0. The lowest BCUT2D eigenvalue weighted by atomic mass is 10.7. The van der Waals surface area contributed by atoms with Crippen molar-refractivity contribution in [3.05, 3.63) is 38.0 Å². The van der Waals surface area contributed by atoms with E-state index in [2.05, 4.69) is 19.7 Å². The van der Waals surface area contributed by atoms with Crippen LogP contribution in [0.2, 0.25) is 0 Å². The van der Waals surface area contributed by atoms with Gasteiger partial charge in [-0.1, -0.05) is 19.7 Å². The van der Waals surface area contributed by atoms with Gasteiger partial charge in [0.2, 0.25) is 0 Å². The van der Waals surface area contributed by atoms with Gasteiger partial charge in [0, 0.05) is 18.2 Å². The average Bonchev–Trinajstić information content (AvgIpc) is 2.28. The molecular formula is C10H16O10. The summed E-state index contributed by atoms with van der Waals surface area (Å²) in [4.78, 5) is 27.8. The second-order valence-electron chi connectivity index (χ2n) is 2.23. The molecule has 116 valence electrons. The van der Waals surface area contributed by atoms with Crippen molar-refractivity contribution in [2.75, 3.05) is 0 Å². The van der Waals surface area contributed by atoms with Gasteiger partial charge >= 0.3 is 24.1 Å². The number of hydrogen-bond acceptors (Lipinski definition) is 7. The van der Waals surface area contributed by atoms with Crippen molar-refractivity contribution < 1.29 is 50.1 Å². The van der Waals surface area contributed by atoms with Crippen LogP contribution in [0.5, 0.6) is 0 Å². The molecule has 0 radical (unpaired) electrons. The van der Waals surface area contributed by atoms with Gasteiger partial charge in [-0.2, -0.15) is 0 Å². The van der Waals surface area contributed by atoms with Gasteiger partial charge in [-0.05, 0) is 0 Å². The van der Waals surface area contributed by atoms with E-state index in [9.17, 15) is 14.4 Å². The molecule has 0 fully saturated rings. The predicted octanol–water partition coefficient (Wildman–Crippen LogP) is -1.66. The van der Waals surface area contributed by atoms with Gasteiger partial charge < -0.3 is 35.7 Å². The average molecular weight is 296 g/mol. The Labute approximate surface area is 113 Å². The normalized spacial score (nSPS) is 7.80. The molecule has 10 heteroatoms. The van der Waals surface area contributed by atoms with Crippen LogP contribution in [0.3, 0.4) is 0 Å². The smallest absolute Gasteiger partial charge is 0.402 e. The molecule has 10 nitrogen and oxygen atoms in total. The quantitative estimate of drug-likeness (QED) is 0.234. The van der Waals surface area contributed by atoms with Gasteiger partial charge in [-0.15, -0.1) is 0 Å². The molecule has 0 bridgehead atoms. The predicted molar refractivity (Wildman–Crippen MR) is 65.1 cm³/mol. The monoisotopic (exact) mass is 296 g/mol. The third-order valence-corrected chi connectivity index (χ3v) is 0.524. The maximum Gasteiger partial charge on any atom is 0.402 e. The second kappa shape index (κ2) is 16.5. The van der Waals surface area contributed by atoms with Crippen LogP contribution in [0.15, 0.2) is 38.0 Å². The van der Waals surface area contributed by atoms with Crippen molar-refractivity contribution in [3.63, 3.8) is 0 Å². The first-order valence-electron chi connectivity index (χ1n) is 4.27. The van der Waals surface area contributed by atoms with Gasteiger partial charge in [-0.3, -0.25) is 0 Å². The van der Waals surface area contributed by atoms with Crippen LogP contribution in [0.25, 0.3) is 0 Å². The highest BCUT2D eigenvalue weighted by atomic mass is 16.8. The number of rotatable bonds is 3. The van der Waals surface area contributed by atoms with Crippen LogP contribution in [0, 0.1) is 0 Å². The first-order chi connectivity index (χ1) is 8.81. The molecule has 0 saturated carbocycles. The van der Waals surface area contributed by atoms with E-state index < -0.39 is 24.1 Å². The topological polar surface area (TPSA) is 193 Å². The third kappa shape index (κ3) is 269. The second-order valence-corrected chi connectivity index (χ2v) is 2.23. The lowest BCUT2D eigenvalue weighted by molar-refractivity contribution is -0.436. The Morgan fingerprint density at radius 2 is 0.700 bits per heavy atom. The van der Waals surface area contributed by atoms with E-state index in [0.29, 0.717) is 0 Å². The zero-order valence-corrected chi connectivity index (χ0v) is 10.2. The molecule has 0 amide bonds. The molecule has 0 saturated heterocycles. The largest absolute Gasteiger partial charge is 0.478 e. The minimum atomic E-state index is -3.50. The molecule has 0 aromatic carbocycles. The Balaban J connectivity index is -0.0000000853. The SMILES string of the molecule is C=CC(=O)O.C=CC(=O)O.C=CC(=O)O.OC(O)(O)O. The van der Waals surface area contributed by atoms with Crippen molar-refractivity contribution in [1.29, 1.82) is 0 Å². The van der Waals surface area contributed by atoms with Crippen molar-refractivity contribution in [3.8, 4) is 0 Å². The summed E-state index contributed by atoms with van der Waals surface area (Å²) in [6.45, 7) is 8.88. The zero-order chi connectivity index (χ0) is 17.4. The molecule has 0 aliphatic heterocycles. The maximum atomic E-state index is 9.25. The van der Waals surface area contributed by atoms with Crippen LogP contribution in [0.4, 0.5) is 0 Å². The molecule has 0 aromatic rings.